The number of unbranched alkanes of at least 4 members (excludes halogenated alkanes) is 1. The molecule has 9 heteroatoms. The molecule has 0 saturated heterocycles. The summed E-state index contributed by atoms with van der Waals surface area (Å²) < 4.78 is 17.9. The summed E-state index contributed by atoms with van der Waals surface area (Å²) in [6, 6.07) is 15.8. The van der Waals surface area contributed by atoms with Gasteiger partial charge in [0, 0.05) is 0 Å². The first-order chi connectivity index (χ1) is 16.6. The molecule has 176 valence electrons. The smallest absolute Gasteiger partial charge is 0.338 e. The molecule has 1 heterocycles. The number of esters is 1. The molecule has 0 aliphatic heterocycles. The van der Waals surface area contributed by atoms with E-state index in [0.717, 1.165) is 12.8 Å². The second kappa shape index (κ2) is 12.1. The van der Waals surface area contributed by atoms with Crippen molar-refractivity contribution in [1.29, 1.82) is 5.26 Å². The lowest BCUT2D eigenvalue weighted by Crippen LogP contribution is -2.23. The molecule has 0 saturated carbocycles. The van der Waals surface area contributed by atoms with E-state index < -0.39 is 18.5 Å². The standard InChI is InChI=1S/C25H26N4O5/c1-3-5-13-33-21-12-11-18(14-22(21)32-4-2)25(31)34-17-23(30)28-24-19(15-26)16-27-29(24)20-9-7-6-8-10-20/h6-12,14,16H,3-5,13,17H2,1-2H3,(H,28,30). The molecule has 0 aliphatic rings. The molecule has 2 aromatic carbocycles. The van der Waals surface area contributed by atoms with Gasteiger partial charge in [0.25, 0.3) is 5.91 Å². The number of benzene rings is 2. The second-order valence-electron chi connectivity index (χ2n) is 7.19. The van der Waals surface area contributed by atoms with Gasteiger partial charge < -0.3 is 19.5 Å². The molecule has 0 atom stereocenters. The van der Waals surface area contributed by atoms with E-state index in [1.807, 2.05) is 31.2 Å². The van der Waals surface area contributed by atoms with Crippen LogP contribution in [-0.4, -0.2) is 41.5 Å². The molecule has 0 fully saturated rings. The van der Waals surface area contributed by atoms with Crippen LogP contribution in [0.25, 0.3) is 5.69 Å². The first kappa shape index (κ1) is 24.3. The molecular weight excluding hydrogens is 436 g/mol. The van der Waals surface area contributed by atoms with Crippen LogP contribution in [-0.2, 0) is 9.53 Å². The Morgan fingerprint density at radius 2 is 1.88 bits per heavy atom. The van der Waals surface area contributed by atoms with E-state index in [1.165, 1.54) is 16.9 Å². The number of ether oxygens (including phenoxy) is 3. The van der Waals surface area contributed by atoms with Crippen LogP contribution in [0.1, 0.15) is 42.6 Å². The summed E-state index contributed by atoms with van der Waals surface area (Å²) in [5.41, 5.74) is 1.08. The van der Waals surface area contributed by atoms with Gasteiger partial charge in [-0.05, 0) is 43.7 Å². The van der Waals surface area contributed by atoms with Gasteiger partial charge in [0.05, 0.1) is 30.7 Å². The molecule has 9 nitrogen and oxygen atoms in total. The Labute approximate surface area is 197 Å². The fraction of sp³-hybridized carbons (Fsp3) is 0.280. The van der Waals surface area contributed by atoms with E-state index in [-0.39, 0.29) is 16.9 Å². The third-order valence-electron chi connectivity index (χ3n) is 4.72. The lowest BCUT2D eigenvalue weighted by molar-refractivity contribution is -0.119. The van der Waals surface area contributed by atoms with Crippen molar-refractivity contribution in [2.45, 2.75) is 26.7 Å². The lowest BCUT2D eigenvalue weighted by atomic mass is 10.2. The van der Waals surface area contributed by atoms with Crippen LogP contribution >= 0.6 is 0 Å². The predicted molar refractivity (Wildman–Crippen MR) is 125 cm³/mol. The van der Waals surface area contributed by atoms with Gasteiger partial charge in [-0.3, -0.25) is 4.79 Å². The molecule has 1 N–H and O–H groups in total. The van der Waals surface area contributed by atoms with Crippen LogP contribution in [0.4, 0.5) is 5.82 Å². The number of aromatic nitrogens is 2. The quantitative estimate of drug-likeness (QED) is 0.337. The van der Waals surface area contributed by atoms with Crippen LogP contribution in [0.5, 0.6) is 11.5 Å². The molecule has 0 radical (unpaired) electrons. The van der Waals surface area contributed by atoms with Crippen LogP contribution in [0.15, 0.2) is 54.7 Å². The average molecular weight is 463 g/mol. The zero-order chi connectivity index (χ0) is 24.3. The van der Waals surface area contributed by atoms with Gasteiger partial charge in [-0.25, -0.2) is 9.48 Å². The van der Waals surface area contributed by atoms with Crippen molar-refractivity contribution in [3.05, 3.63) is 65.9 Å². The Kier molecular flexibility index (Phi) is 8.63. The maximum Gasteiger partial charge on any atom is 0.338 e. The Bertz CT molecular complexity index is 1170. The van der Waals surface area contributed by atoms with E-state index in [9.17, 15) is 14.9 Å². The Morgan fingerprint density at radius 3 is 2.59 bits per heavy atom. The predicted octanol–water partition coefficient (Wildman–Crippen LogP) is 4.12. The molecule has 1 aromatic heterocycles. The summed E-state index contributed by atoms with van der Waals surface area (Å²) in [4.78, 5) is 25.0. The summed E-state index contributed by atoms with van der Waals surface area (Å²) in [6.07, 6.45) is 3.26. The van der Waals surface area contributed by atoms with Gasteiger partial charge in [-0.15, -0.1) is 0 Å². The third kappa shape index (κ3) is 6.13. The highest BCUT2D eigenvalue weighted by Crippen LogP contribution is 2.29. The molecule has 3 rings (SSSR count). The van der Waals surface area contributed by atoms with Gasteiger partial charge in [0.2, 0.25) is 0 Å². The summed E-state index contributed by atoms with van der Waals surface area (Å²) in [5.74, 6) is -0.118. The summed E-state index contributed by atoms with van der Waals surface area (Å²) in [6.45, 7) is 4.31. The monoisotopic (exact) mass is 462 g/mol. The minimum atomic E-state index is -0.687. The molecule has 3 aromatic rings. The van der Waals surface area contributed by atoms with Crippen molar-refractivity contribution in [3.8, 4) is 23.3 Å². The number of nitrogens with one attached hydrogen (secondary N) is 1. The van der Waals surface area contributed by atoms with Gasteiger partial charge in [0.15, 0.2) is 23.9 Å². The molecule has 0 aliphatic carbocycles. The van der Waals surface area contributed by atoms with Gasteiger partial charge in [0.1, 0.15) is 11.6 Å². The maximum atomic E-state index is 12.5. The van der Waals surface area contributed by atoms with Crippen LogP contribution in [0.3, 0.4) is 0 Å². The number of nitrogens with zero attached hydrogens (tertiary/aromatic N) is 3. The van der Waals surface area contributed by atoms with Crippen LogP contribution < -0.4 is 14.8 Å². The van der Waals surface area contributed by atoms with Crippen LogP contribution in [0, 0.1) is 11.3 Å². The highest BCUT2D eigenvalue weighted by Gasteiger charge is 2.18. The molecule has 1 amide bonds. The number of anilines is 1. The summed E-state index contributed by atoms with van der Waals surface area (Å²) in [7, 11) is 0. The number of amides is 1. The average Bonchev–Trinajstić information content (AvgIpc) is 3.26. The zero-order valence-corrected chi connectivity index (χ0v) is 19.1. The Morgan fingerprint density at radius 1 is 1.09 bits per heavy atom. The first-order valence-electron chi connectivity index (χ1n) is 11.0. The second-order valence-corrected chi connectivity index (χ2v) is 7.19. The molecular formula is C25H26N4O5. The largest absolute Gasteiger partial charge is 0.490 e. The molecule has 0 unspecified atom stereocenters. The van der Waals surface area contributed by atoms with E-state index in [4.69, 9.17) is 14.2 Å². The summed E-state index contributed by atoms with van der Waals surface area (Å²) >= 11 is 0. The van der Waals surface area contributed by atoms with Gasteiger partial charge in [-0.2, -0.15) is 10.4 Å². The zero-order valence-electron chi connectivity index (χ0n) is 19.1. The lowest BCUT2D eigenvalue weighted by Gasteiger charge is -2.13. The van der Waals surface area contributed by atoms with Crippen LogP contribution in [0.2, 0.25) is 0 Å². The van der Waals surface area contributed by atoms with E-state index in [1.54, 1.807) is 24.3 Å². The highest BCUT2D eigenvalue weighted by atomic mass is 16.5. The SMILES string of the molecule is CCCCOc1ccc(C(=O)OCC(=O)Nc2c(C#N)cnn2-c2ccccc2)cc1OCC. The van der Waals surface area contributed by atoms with Crippen molar-refractivity contribution in [1.82, 2.24) is 9.78 Å². The fourth-order valence-corrected chi connectivity index (χ4v) is 3.05. The number of hydrogen-bond donors (Lipinski definition) is 1. The number of nitriles is 1. The Balaban J connectivity index is 1.66. The maximum absolute atomic E-state index is 12.5. The number of hydrogen-bond acceptors (Lipinski definition) is 7. The minimum absolute atomic E-state index is 0.184. The van der Waals surface area contributed by atoms with Gasteiger partial charge in [-0.1, -0.05) is 31.5 Å². The number of para-hydroxylation sites is 1. The molecule has 34 heavy (non-hydrogen) atoms. The summed E-state index contributed by atoms with van der Waals surface area (Å²) in [5, 5.41) is 16.1. The van der Waals surface area contributed by atoms with Crippen molar-refractivity contribution < 1.29 is 23.8 Å². The van der Waals surface area contributed by atoms with E-state index in [0.29, 0.717) is 30.4 Å². The molecule has 0 spiro atoms. The number of carbonyl (C=O) groups is 2. The van der Waals surface area contributed by atoms with Crippen molar-refractivity contribution in [3.63, 3.8) is 0 Å². The fourth-order valence-electron chi connectivity index (χ4n) is 3.05. The van der Waals surface area contributed by atoms with Crippen molar-refractivity contribution in [2.75, 3.05) is 25.1 Å². The molecule has 0 bridgehead atoms. The third-order valence-corrected chi connectivity index (χ3v) is 4.72. The topological polar surface area (TPSA) is 115 Å². The normalized spacial score (nSPS) is 10.3. The number of carbonyl (C=O) groups excluding carboxylic acids is 2. The van der Waals surface area contributed by atoms with E-state index >= 15 is 0 Å². The Hall–Kier alpha value is -4.32. The number of rotatable bonds is 11. The highest BCUT2D eigenvalue weighted by molar-refractivity contribution is 5.96. The van der Waals surface area contributed by atoms with Crippen molar-refractivity contribution >= 4 is 17.7 Å². The van der Waals surface area contributed by atoms with Gasteiger partial charge >= 0.3 is 5.97 Å². The minimum Gasteiger partial charge on any atom is -0.490 e. The van der Waals surface area contributed by atoms with Crippen molar-refractivity contribution in [2.24, 2.45) is 0 Å². The first-order valence-corrected chi connectivity index (χ1v) is 11.0. The van der Waals surface area contributed by atoms with E-state index in [2.05, 4.69) is 17.3 Å².